The molecule has 1 aromatic carbocycles. The normalized spacial score (nSPS) is 33.7. The van der Waals surface area contributed by atoms with Crippen molar-refractivity contribution in [3.8, 4) is 0 Å². The molecule has 0 heterocycles. The highest BCUT2D eigenvalue weighted by Gasteiger charge is 2.40. The molecule has 0 aliphatic heterocycles. The minimum atomic E-state index is -0.617. The SMILES string of the molecule is Cc1cc(C)cc(C2(O)CC(C)CCC2C)c1. The van der Waals surface area contributed by atoms with E-state index >= 15 is 0 Å². The molecule has 0 aromatic heterocycles. The van der Waals surface area contributed by atoms with Crippen LogP contribution in [0.25, 0.3) is 0 Å². The molecule has 0 spiro atoms. The molecular formula is C16H24O. The van der Waals surface area contributed by atoms with Gasteiger partial charge in [-0.05, 0) is 44.1 Å². The fourth-order valence-corrected chi connectivity index (χ4v) is 3.23. The van der Waals surface area contributed by atoms with Gasteiger partial charge in [-0.15, -0.1) is 0 Å². The Morgan fingerprint density at radius 2 is 1.65 bits per heavy atom. The van der Waals surface area contributed by atoms with E-state index in [2.05, 4.69) is 45.9 Å². The summed E-state index contributed by atoms with van der Waals surface area (Å²) in [6.45, 7) is 8.65. The maximum absolute atomic E-state index is 11.0. The van der Waals surface area contributed by atoms with Gasteiger partial charge in [-0.2, -0.15) is 0 Å². The Hall–Kier alpha value is -0.820. The molecule has 0 radical (unpaired) electrons. The molecule has 1 N–H and O–H groups in total. The predicted molar refractivity (Wildman–Crippen MR) is 72.0 cm³/mol. The molecule has 1 aliphatic rings. The van der Waals surface area contributed by atoms with Crippen molar-refractivity contribution in [3.63, 3.8) is 0 Å². The lowest BCUT2D eigenvalue weighted by Crippen LogP contribution is -2.39. The zero-order valence-electron chi connectivity index (χ0n) is 11.5. The Labute approximate surface area is 105 Å². The zero-order valence-corrected chi connectivity index (χ0v) is 11.5. The first-order valence-electron chi connectivity index (χ1n) is 6.73. The Kier molecular flexibility index (Phi) is 3.31. The largest absolute Gasteiger partial charge is 0.385 e. The molecule has 3 atom stereocenters. The van der Waals surface area contributed by atoms with Crippen LogP contribution < -0.4 is 0 Å². The van der Waals surface area contributed by atoms with Gasteiger partial charge in [0.1, 0.15) is 0 Å². The van der Waals surface area contributed by atoms with E-state index in [0.29, 0.717) is 11.8 Å². The molecule has 3 unspecified atom stereocenters. The van der Waals surface area contributed by atoms with Crippen molar-refractivity contribution in [2.24, 2.45) is 11.8 Å². The molecule has 94 valence electrons. The van der Waals surface area contributed by atoms with Gasteiger partial charge in [-0.3, -0.25) is 0 Å². The summed E-state index contributed by atoms with van der Waals surface area (Å²) in [5.41, 5.74) is 3.00. The van der Waals surface area contributed by atoms with Crippen LogP contribution in [-0.2, 0) is 5.60 Å². The second-order valence-corrected chi connectivity index (χ2v) is 6.09. The van der Waals surface area contributed by atoms with E-state index in [9.17, 15) is 5.11 Å². The first-order valence-corrected chi connectivity index (χ1v) is 6.73. The highest BCUT2D eigenvalue weighted by Crippen LogP contribution is 2.44. The van der Waals surface area contributed by atoms with Crippen LogP contribution in [0.2, 0.25) is 0 Å². The number of benzene rings is 1. The van der Waals surface area contributed by atoms with Crippen molar-refractivity contribution < 1.29 is 5.11 Å². The number of hydrogen-bond acceptors (Lipinski definition) is 1. The van der Waals surface area contributed by atoms with Crippen molar-refractivity contribution >= 4 is 0 Å². The molecule has 0 saturated heterocycles. The van der Waals surface area contributed by atoms with Crippen molar-refractivity contribution in [2.75, 3.05) is 0 Å². The van der Waals surface area contributed by atoms with Gasteiger partial charge in [0.2, 0.25) is 0 Å². The van der Waals surface area contributed by atoms with Crippen LogP contribution in [-0.4, -0.2) is 5.11 Å². The molecule has 1 fully saturated rings. The van der Waals surface area contributed by atoms with Crippen molar-refractivity contribution in [1.82, 2.24) is 0 Å². The third-order valence-corrected chi connectivity index (χ3v) is 4.29. The summed E-state index contributed by atoms with van der Waals surface area (Å²) in [6, 6.07) is 6.48. The van der Waals surface area contributed by atoms with Gasteiger partial charge in [-0.25, -0.2) is 0 Å². The third-order valence-electron chi connectivity index (χ3n) is 4.29. The van der Waals surface area contributed by atoms with Crippen LogP contribution >= 0.6 is 0 Å². The lowest BCUT2D eigenvalue weighted by Gasteiger charge is -2.41. The quantitative estimate of drug-likeness (QED) is 0.777. The predicted octanol–water partition coefficient (Wildman–Crippen LogP) is 3.95. The molecule has 2 rings (SSSR count). The first kappa shape index (κ1) is 12.6. The second-order valence-electron chi connectivity index (χ2n) is 6.09. The Bertz CT molecular complexity index is 390. The minimum Gasteiger partial charge on any atom is -0.385 e. The molecule has 1 saturated carbocycles. The van der Waals surface area contributed by atoms with E-state index in [1.165, 1.54) is 17.5 Å². The minimum absolute atomic E-state index is 0.361. The molecule has 1 heteroatoms. The molecule has 0 amide bonds. The van der Waals surface area contributed by atoms with Crippen LogP contribution in [0.4, 0.5) is 0 Å². The molecular weight excluding hydrogens is 208 g/mol. The fourth-order valence-electron chi connectivity index (χ4n) is 3.23. The summed E-state index contributed by atoms with van der Waals surface area (Å²) in [5.74, 6) is 0.983. The lowest BCUT2D eigenvalue weighted by molar-refractivity contribution is -0.0628. The van der Waals surface area contributed by atoms with Crippen LogP contribution in [0.5, 0.6) is 0 Å². The van der Waals surface area contributed by atoms with Gasteiger partial charge < -0.3 is 5.11 Å². The molecule has 1 aromatic rings. The fraction of sp³-hybridized carbons (Fsp3) is 0.625. The standard InChI is InChI=1S/C16H24O/c1-11-5-6-14(4)16(17,10-11)15-8-12(2)7-13(3)9-15/h7-9,11,14,17H,5-6,10H2,1-4H3. The smallest absolute Gasteiger partial charge is 0.0924 e. The van der Waals surface area contributed by atoms with Crippen LogP contribution in [0.15, 0.2) is 18.2 Å². The van der Waals surface area contributed by atoms with E-state index in [-0.39, 0.29) is 0 Å². The van der Waals surface area contributed by atoms with E-state index in [4.69, 9.17) is 0 Å². The summed E-state index contributed by atoms with van der Waals surface area (Å²) in [4.78, 5) is 0. The van der Waals surface area contributed by atoms with Crippen LogP contribution in [0, 0.1) is 25.7 Å². The summed E-state index contributed by atoms with van der Waals surface area (Å²) in [7, 11) is 0. The van der Waals surface area contributed by atoms with Gasteiger partial charge in [0.15, 0.2) is 0 Å². The zero-order chi connectivity index (χ0) is 12.6. The third kappa shape index (κ3) is 2.40. The molecule has 1 aliphatic carbocycles. The van der Waals surface area contributed by atoms with Gasteiger partial charge >= 0.3 is 0 Å². The number of rotatable bonds is 1. The molecule has 17 heavy (non-hydrogen) atoms. The summed E-state index contributed by atoms with van der Waals surface area (Å²) in [5, 5.41) is 11.0. The summed E-state index contributed by atoms with van der Waals surface area (Å²) >= 11 is 0. The van der Waals surface area contributed by atoms with E-state index < -0.39 is 5.60 Å². The average molecular weight is 232 g/mol. The lowest BCUT2D eigenvalue weighted by atomic mass is 9.68. The summed E-state index contributed by atoms with van der Waals surface area (Å²) in [6.07, 6.45) is 3.27. The van der Waals surface area contributed by atoms with E-state index in [1.54, 1.807) is 0 Å². The number of hydrogen-bond donors (Lipinski definition) is 1. The van der Waals surface area contributed by atoms with Crippen molar-refractivity contribution in [1.29, 1.82) is 0 Å². The maximum atomic E-state index is 11.0. The van der Waals surface area contributed by atoms with Crippen molar-refractivity contribution in [2.45, 2.75) is 52.6 Å². The summed E-state index contributed by atoms with van der Waals surface area (Å²) < 4.78 is 0. The molecule has 0 bridgehead atoms. The number of aliphatic hydroxyl groups is 1. The topological polar surface area (TPSA) is 20.2 Å². The van der Waals surface area contributed by atoms with Gasteiger partial charge in [0.25, 0.3) is 0 Å². The monoisotopic (exact) mass is 232 g/mol. The maximum Gasteiger partial charge on any atom is 0.0924 e. The second kappa shape index (κ2) is 4.45. The number of aryl methyl sites for hydroxylation is 2. The van der Waals surface area contributed by atoms with E-state index in [1.807, 2.05) is 0 Å². The average Bonchev–Trinajstić information content (AvgIpc) is 2.22. The first-order chi connectivity index (χ1) is 7.91. The van der Waals surface area contributed by atoms with Crippen LogP contribution in [0.3, 0.4) is 0 Å². The van der Waals surface area contributed by atoms with Gasteiger partial charge in [0.05, 0.1) is 5.60 Å². The highest BCUT2D eigenvalue weighted by molar-refractivity contribution is 5.33. The van der Waals surface area contributed by atoms with Gasteiger partial charge in [0, 0.05) is 0 Å². The highest BCUT2D eigenvalue weighted by atomic mass is 16.3. The Balaban J connectivity index is 2.41. The van der Waals surface area contributed by atoms with Gasteiger partial charge in [-0.1, -0.05) is 49.6 Å². The van der Waals surface area contributed by atoms with Crippen LogP contribution in [0.1, 0.15) is 49.8 Å². The molecule has 1 nitrogen and oxygen atoms in total. The Morgan fingerprint density at radius 1 is 1.06 bits per heavy atom. The Morgan fingerprint density at radius 3 is 2.24 bits per heavy atom. The van der Waals surface area contributed by atoms with E-state index in [0.717, 1.165) is 18.4 Å². The van der Waals surface area contributed by atoms with Crippen molar-refractivity contribution in [3.05, 3.63) is 34.9 Å².